The molecule has 2 aliphatic carbocycles. The van der Waals surface area contributed by atoms with E-state index in [1.807, 2.05) is 6.92 Å². The van der Waals surface area contributed by atoms with Gasteiger partial charge in [0.1, 0.15) is 11.1 Å². The van der Waals surface area contributed by atoms with Crippen LogP contribution in [0.25, 0.3) is 0 Å². The Hall–Kier alpha value is -1.14. The summed E-state index contributed by atoms with van der Waals surface area (Å²) in [6.07, 6.45) is 6.24. The van der Waals surface area contributed by atoms with Crippen molar-refractivity contribution in [3.63, 3.8) is 0 Å². The number of aromatic nitrogens is 1. The van der Waals surface area contributed by atoms with Gasteiger partial charge >= 0.3 is 5.97 Å². The van der Waals surface area contributed by atoms with E-state index in [2.05, 4.69) is 4.98 Å². The third kappa shape index (κ3) is 3.55. The van der Waals surface area contributed by atoms with Crippen LogP contribution in [0.3, 0.4) is 0 Å². The Kier molecular flexibility index (Phi) is 4.45. The summed E-state index contributed by atoms with van der Waals surface area (Å²) in [4.78, 5) is 17.1. The van der Waals surface area contributed by atoms with Gasteiger partial charge in [0.05, 0.1) is 6.61 Å². The van der Waals surface area contributed by atoms with E-state index in [9.17, 15) is 4.79 Å². The Morgan fingerprint density at radius 1 is 1.29 bits per heavy atom. The molecule has 1 heterocycles. The highest BCUT2D eigenvalue weighted by molar-refractivity contribution is 7.14. The fraction of sp³-hybridized carbons (Fsp3) is 0.733. The van der Waals surface area contributed by atoms with Crippen LogP contribution in [0.5, 0.6) is 5.88 Å². The lowest BCUT2D eigenvalue weighted by Gasteiger charge is -2.26. The van der Waals surface area contributed by atoms with E-state index in [4.69, 9.17) is 15.2 Å². The average molecular weight is 310 g/mol. The van der Waals surface area contributed by atoms with Gasteiger partial charge in [-0.25, -0.2) is 9.78 Å². The molecule has 0 aromatic carbocycles. The van der Waals surface area contributed by atoms with E-state index in [0.29, 0.717) is 23.3 Å². The van der Waals surface area contributed by atoms with Crippen molar-refractivity contribution in [2.75, 3.05) is 6.61 Å². The molecule has 21 heavy (non-hydrogen) atoms. The average Bonchev–Trinajstić information content (AvgIpc) is 3.23. The summed E-state index contributed by atoms with van der Waals surface area (Å²) in [6.45, 7) is 2.18. The molecule has 0 aliphatic heterocycles. The lowest BCUT2D eigenvalue weighted by atomic mass is 9.94. The molecule has 0 radical (unpaired) electrons. The molecule has 0 unspecified atom stereocenters. The van der Waals surface area contributed by atoms with Crippen molar-refractivity contribution in [1.29, 1.82) is 0 Å². The molecule has 2 N–H and O–H groups in total. The van der Waals surface area contributed by atoms with Crippen LogP contribution in [0.15, 0.2) is 0 Å². The van der Waals surface area contributed by atoms with Crippen LogP contribution >= 0.6 is 11.3 Å². The summed E-state index contributed by atoms with van der Waals surface area (Å²) in [5, 5.41) is 1.01. The smallest absolute Gasteiger partial charge is 0.353 e. The maximum Gasteiger partial charge on any atom is 0.353 e. The fourth-order valence-corrected chi connectivity index (χ4v) is 3.66. The van der Waals surface area contributed by atoms with E-state index >= 15 is 0 Å². The molecule has 1 aromatic rings. The summed E-state index contributed by atoms with van der Waals surface area (Å²) in [5.74, 6) is 0.672. The van der Waals surface area contributed by atoms with Crippen LogP contribution in [0.2, 0.25) is 0 Å². The Balaban J connectivity index is 1.74. The number of rotatable bonds is 5. The van der Waals surface area contributed by atoms with Gasteiger partial charge in [0, 0.05) is 12.0 Å². The topological polar surface area (TPSA) is 74.4 Å². The predicted octanol–water partition coefficient (Wildman–Crippen LogP) is 2.85. The largest absolute Gasteiger partial charge is 0.473 e. The van der Waals surface area contributed by atoms with Crippen LogP contribution < -0.4 is 10.5 Å². The molecule has 0 amide bonds. The van der Waals surface area contributed by atoms with Gasteiger partial charge in [-0.05, 0) is 45.4 Å². The van der Waals surface area contributed by atoms with Crippen LogP contribution in [0, 0.1) is 0 Å². The standard InChI is InChI=1S/C15H22N2O3S/c1-2-19-15(18)12-13(17-14(21-12)9-3-4-9)20-11-7-5-10(16)6-8-11/h9-11H,2-8,16H2,1H3. The van der Waals surface area contributed by atoms with E-state index in [1.165, 1.54) is 11.3 Å². The SMILES string of the molecule is CCOC(=O)c1sc(C2CC2)nc1OC1CCC(N)CC1. The zero-order chi connectivity index (χ0) is 14.8. The molecule has 6 heteroatoms. The first-order valence-electron chi connectivity index (χ1n) is 7.77. The molecule has 0 saturated heterocycles. The zero-order valence-corrected chi connectivity index (χ0v) is 13.2. The Morgan fingerprint density at radius 3 is 2.62 bits per heavy atom. The van der Waals surface area contributed by atoms with Crippen molar-refractivity contribution in [3.05, 3.63) is 9.88 Å². The third-order valence-electron chi connectivity index (χ3n) is 4.00. The number of nitrogens with zero attached hydrogens (tertiary/aromatic N) is 1. The highest BCUT2D eigenvalue weighted by Gasteiger charge is 2.32. The molecule has 1 aromatic heterocycles. The highest BCUT2D eigenvalue weighted by atomic mass is 32.1. The second kappa shape index (κ2) is 6.32. The van der Waals surface area contributed by atoms with Crippen molar-refractivity contribution >= 4 is 17.3 Å². The van der Waals surface area contributed by atoms with Gasteiger partial charge in [-0.1, -0.05) is 0 Å². The van der Waals surface area contributed by atoms with Crippen molar-refractivity contribution in [2.24, 2.45) is 5.73 Å². The zero-order valence-electron chi connectivity index (χ0n) is 12.3. The van der Waals surface area contributed by atoms with Gasteiger partial charge in [-0.2, -0.15) is 0 Å². The summed E-state index contributed by atoms with van der Waals surface area (Å²) in [5.41, 5.74) is 5.92. The van der Waals surface area contributed by atoms with Gasteiger partial charge in [0.25, 0.3) is 0 Å². The molecule has 5 nitrogen and oxygen atoms in total. The second-order valence-electron chi connectivity index (χ2n) is 5.84. The number of carbonyl (C=O) groups is 1. The molecule has 2 saturated carbocycles. The summed E-state index contributed by atoms with van der Waals surface area (Å²) in [6, 6.07) is 0.284. The number of carbonyl (C=O) groups excluding carboxylic acids is 1. The first-order chi connectivity index (χ1) is 10.2. The predicted molar refractivity (Wildman–Crippen MR) is 80.9 cm³/mol. The molecule has 2 aliphatic rings. The summed E-state index contributed by atoms with van der Waals surface area (Å²) in [7, 11) is 0. The first kappa shape index (κ1) is 14.8. The molecule has 116 valence electrons. The van der Waals surface area contributed by atoms with E-state index in [-0.39, 0.29) is 18.1 Å². The van der Waals surface area contributed by atoms with Crippen LogP contribution in [-0.2, 0) is 4.74 Å². The van der Waals surface area contributed by atoms with E-state index in [1.54, 1.807) is 0 Å². The van der Waals surface area contributed by atoms with Crippen LogP contribution in [0.1, 0.15) is 66.0 Å². The van der Waals surface area contributed by atoms with E-state index < -0.39 is 0 Å². The minimum Gasteiger partial charge on any atom is -0.473 e. The van der Waals surface area contributed by atoms with Gasteiger partial charge < -0.3 is 15.2 Å². The molecule has 0 bridgehead atoms. The molecule has 0 spiro atoms. The number of hydrogen-bond acceptors (Lipinski definition) is 6. The lowest BCUT2D eigenvalue weighted by molar-refractivity contribution is 0.0521. The summed E-state index contributed by atoms with van der Waals surface area (Å²) < 4.78 is 11.1. The van der Waals surface area contributed by atoms with Crippen LogP contribution in [0.4, 0.5) is 0 Å². The second-order valence-corrected chi connectivity index (χ2v) is 6.87. The lowest BCUT2D eigenvalue weighted by Crippen LogP contribution is -2.32. The van der Waals surface area contributed by atoms with Crippen molar-refractivity contribution in [2.45, 2.75) is 63.5 Å². The number of hydrogen-bond donors (Lipinski definition) is 1. The minimum atomic E-state index is -0.315. The Morgan fingerprint density at radius 2 is 2.00 bits per heavy atom. The maximum atomic E-state index is 12.1. The molecule has 3 rings (SSSR count). The molecular weight excluding hydrogens is 288 g/mol. The third-order valence-corrected chi connectivity index (χ3v) is 5.18. The van der Waals surface area contributed by atoms with Crippen molar-refractivity contribution in [3.8, 4) is 5.88 Å². The number of nitrogens with two attached hydrogens (primary N) is 1. The number of ether oxygens (including phenoxy) is 2. The Bertz CT molecular complexity index is 505. The Labute approximate surface area is 128 Å². The highest BCUT2D eigenvalue weighted by Crippen LogP contribution is 2.44. The van der Waals surface area contributed by atoms with Crippen molar-refractivity contribution in [1.82, 2.24) is 4.98 Å². The first-order valence-corrected chi connectivity index (χ1v) is 8.59. The monoisotopic (exact) mass is 310 g/mol. The molecule has 2 fully saturated rings. The van der Waals surface area contributed by atoms with Gasteiger partial charge in [-0.3, -0.25) is 0 Å². The normalized spacial score (nSPS) is 25.6. The fourth-order valence-electron chi connectivity index (χ4n) is 2.60. The number of thiazole rings is 1. The summed E-state index contributed by atoms with van der Waals surface area (Å²) >= 11 is 1.43. The molecule has 0 atom stereocenters. The van der Waals surface area contributed by atoms with Gasteiger partial charge in [0.2, 0.25) is 5.88 Å². The minimum absolute atomic E-state index is 0.118. The van der Waals surface area contributed by atoms with Gasteiger partial charge in [-0.15, -0.1) is 11.3 Å². The van der Waals surface area contributed by atoms with Crippen LogP contribution in [-0.4, -0.2) is 29.7 Å². The quantitative estimate of drug-likeness (QED) is 0.846. The maximum absolute atomic E-state index is 12.1. The van der Waals surface area contributed by atoms with Gasteiger partial charge in [0.15, 0.2) is 4.88 Å². The molecular formula is C15H22N2O3S. The van der Waals surface area contributed by atoms with E-state index in [0.717, 1.165) is 43.5 Å². The number of esters is 1. The van der Waals surface area contributed by atoms with Crippen molar-refractivity contribution < 1.29 is 14.3 Å².